The third-order valence-electron chi connectivity index (χ3n) is 4.03. The van der Waals surface area contributed by atoms with Gasteiger partial charge in [-0.1, -0.05) is 30.3 Å². The number of carbonyl (C=O) groups excluding carboxylic acids is 1. The predicted molar refractivity (Wildman–Crippen MR) is 99.5 cm³/mol. The van der Waals surface area contributed by atoms with E-state index in [4.69, 9.17) is 8.83 Å². The first kappa shape index (κ1) is 16.0. The standard InChI is InChI=1S/C20H16N2O4/c23-19-12-15(14-6-2-4-8-17(14)26-19)21-9-10-22-20(24)18-11-13-5-1-3-7-16(13)25-18/h1-8,11-12,21H,9-10H2,(H,22,24). The Morgan fingerprint density at radius 3 is 2.50 bits per heavy atom. The number of nitrogens with one attached hydrogen (secondary N) is 2. The average Bonchev–Trinajstić information content (AvgIpc) is 3.09. The molecule has 0 saturated heterocycles. The zero-order valence-corrected chi connectivity index (χ0v) is 13.8. The van der Waals surface area contributed by atoms with Crippen LogP contribution in [0.4, 0.5) is 5.69 Å². The minimum atomic E-state index is -0.419. The molecular weight excluding hydrogens is 332 g/mol. The highest BCUT2D eigenvalue weighted by atomic mass is 16.4. The fourth-order valence-electron chi connectivity index (χ4n) is 2.81. The maximum atomic E-state index is 12.2. The first-order valence-corrected chi connectivity index (χ1v) is 8.24. The zero-order chi connectivity index (χ0) is 17.9. The van der Waals surface area contributed by atoms with E-state index in [9.17, 15) is 9.59 Å². The van der Waals surface area contributed by atoms with E-state index in [2.05, 4.69) is 10.6 Å². The molecule has 4 rings (SSSR count). The first-order chi connectivity index (χ1) is 12.7. The molecule has 0 aliphatic heterocycles. The number of amides is 1. The summed E-state index contributed by atoms with van der Waals surface area (Å²) < 4.78 is 10.7. The van der Waals surface area contributed by atoms with Crippen molar-refractivity contribution in [2.45, 2.75) is 0 Å². The molecule has 130 valence electrons. The van der Waals surface area contributed by atoms with Crippen LogP contribution in [0.25, 0.3) is 21.9 Å². The first-order valence-electron chi connectivity index (χ1n) is 8.24. The molecule has 2 aromatic carbocycles. The molecule has 0 aliphatic carbocycles. The van der Waals surface area contributed by atoms with E-state index in [1.54, 1.807) is 12.1 Å². The van der Waals surface area contributed by atoms with Crippen molar-refractivity contribution in [2.75, 3.05) is 18.4 Å². The summed E-state index contributed by atoms with van der Waals surface area (Å²) in [5.74, 6) is -0.00237. The van der Waals surface area contributed by atoms with Gasteiger partial charge in [-0.05, 0) is 24.3 Å². The Labute approximate surface area is 148 Å². The fourth-order valence-corrected chi connectivity index (χ4v) is 2.81. The van der Waals surface area contributed by atoms with E-state index in [0.29, 0.717) is 29.9 Å². The van der Waals surface area contributed by atoms with Crippen LogP contribution in [0.3, 0.4) is 0 Å². The van der Waals surface area contributed by atoms with Crippen LogP contribution >= 0.6 is 0 Å². The van der Waals surface area contributed by atoms with Gasteiger partial charge in [0.1, 0.15) is 11.2 Å². The molecule has 0 fully saturated rings. The number of fused-ring (bicyclic) bond motifs is 2. The van der Waals surface area contributed by atoms with Gasteiger partial charge in [0.2, 0.25) is 0 Å². The van der Waals surface area contributed by atoms with Crippen molar-refractivity contribution >= 4 is 33.5 Å². The van der Waals surface area contributed by atoms with E-state index < -0.39 is 5.63 Å². The highest BCUT2D eigenvalue weighted by molar-refractivity contribution is 5.96. The quantitative estimate of drug-likeness (QED) is 0.427. The highest BCUT2D eigenvalue weighted by Crippen LogP contribution is 2.21. The molecule has 2 heterocycles. The molecule has 4 aromatic rings. The van der Waals surface area contributed by atoms with Crippen molar-refractivity contribution in [1.29, 1.82) is 0 Å². The Morgan fingerprint density at radius 2 is 1.65 bits per heavy atom. The fraction of sp³-hybridized carbons (Fsp3) is 0.100. The molecule has 2 aromatic heterocycles. The minimum absolute atomic E-state index is 0.275. The maximum Gasteiger partial charge on any atom is 0.338 e. The average molecular weight is 348 g/mol. The van der Waals surface area contributed by atoms with E-state index in [1.165, 1.54) is 6.07 Å². The number of rotatable bonds is 5. The molecule has 0 aliphatic rings. The molecule has 0 radical (unpaired) electrons. The highest BCUT2D eigenvalue weighted by Gasteiger charge is 2.11. The van der Waals surface area contributed by atoms with E-state index in [1.807, 2.05) is 42.5 Å². The van der Waals surface area contributed by atoms with Crippen molar-refractivity contribution in [3.8, 4) is 0 Å². The molecule has 0 unspecified atom stereocenters. The Kier molecular flexibility index (Phi) is 4.15. The van der Waals surface area contributed by atoms with Crippen LogP contribution in [0.2, 0.25) is 0 Å². The number of carbonyl (C=O) groups is 1. The molecule has 0 saturated carbocycles. The molecule has 2 N–H and O–H groups in total. The van der Waals surface area contributed by atoms with Gasteiger partial charge in [0.25, 0.3) is 5.91 Å². The molecule has 0 spiro atoms. The second kappa shape index (κ2) is 6.76. The molecule has 6 heteroatoms. The Bertz CT molecular complexity index is 1110. The van der Waals surface area contributed by atoms with Gasteiger partial charge in [0.05, 0.1) is 5.69 Å². The van der Waals surface area contributed by atoms with Crippen molar-refractivity contribution in [3.63, 3.8) is 0 Å². The summed E-state index contributed by atoms with van der Waals surface area (Å²) in [6.45, 7) is 0.837. The van der Waals surface area contributed by atoms with Gasteiger partial charge in [0.15, 0.2) is 5.76 Å². The van der Waals surface area contributed by atoms with Crippen LogP contribution in [0.5, 0.6) is 0 Å². The molecule has 0 bridgehead atoms. The van der Waals surface area contributed by atoms with Gasteiger partial charge in [-0.3, -0.25) is 4.79 Å². The lowest BCUT2D eigenvalue weighted by molar-refractivity contribution is 0.0929. The largest absolute Gasteiger partial charge is 0.451 e. The zero-order valence-electron chi connectivity index (χ0n) is 13.8. The molecule has 26 heavy (non-hydrogen) atoms. The van der Waals surface area contributed by atoms with Crippen LogP contribution in [0.15, 0.2) is 74.3 Å². The van der Waals surface area contributed by atoms with Crippen LogP contribution in [0, 0.1) is 0 Å². The van der Waals surface area contributed by atoms with Gasteiger partial charge in [0, 0.05) is 29.9 Å². The van der Waals surface area contributed by atoms with Crippen molar-refractivity contribution in [3.05, 3.63) is 76.8 Å². The van der Waals surface area contributed by atoms with Gasteiger partial charge in [-0.25, -0.2) is 4.79 Å². The summed E-state index contributed by atoms with van der Waals surface area (Å²) in [4.78, 5) is 23.8. The predicted octanol–water partition coefficient (Wildman–Crippen LogP) is 3.38. The number of hydrogen-bond donors (Lipinski definition) is 2. The van der Waals surface area contributed by atoms with Crippen molar-refractivity contribution < 1.29 is 13.6 Å². The summed E-state index contributed by atoms with van der Waals surface area (Å²) >= 11 is 0. The van der Waals surface area contributed by atoms with E-state index in [-0.39, 0.29) is 11.7 Å². The second-order valence-electron chi connectivity index (χ2n) is 5.81. The monoisotopic (exact) mass is 348 g/mol. The second-order valence-corrected chi connectivity index (χ2v) is 5.81. The van der Waals surface area contributed by atoms with Gasteiger partial charge in [-0.15, -0.1) is 0 Å². The topological polar surface area (TPSA) is 84.5 Å². The molecule has 6 nitrogen and oxygen atoms in total. The van der Waals surface area contributed by atoms with Crippen molar-refractivity contribution in [1.82, 2.24) is 5.32 Å². The third kappa shape index (κ3) is 3.17. The van der Waals surface area contributed by atoms with Gasteiger partial charge in [-0.2, -0.15) is 0 Å². The Balaban J connectivity index is 1.39. The SMILES string of the molecule is O=C(NCCNc1cc(=O)oc2ccccc12)c1cc2ccccc2o1. The summed E-state index contributed by atoms with van der Waals surface area (Å²) in [7, 11) is 0. The van der Waals surface area contributed by atoms with E-state index in [0.717, 1.165) is 10.8 Å². The van der Waals surface area contributed by atoms with Crippen LogP contribution < -0.4 is 16.3 Å². The number of benzene rings is 2. The smallest absolute Gasteiger partial charge is 0.338 e. The van der Waals surface area contributed by atoms with Gasteiger partial charge < -0.3 is 19.5 Å². The number of hydrogen-bond acceptors (Lipinski definition) is 5. The van der Waals surface area contributed by atoms with Gasteiger partial charge >= 0.3 is 5.63 Å². The summed E-state index contributed by atoms with van der Waals surface area (Å²) in [6, 6.07) is 17.9. The number of para-hydroxylation sites is 2. The normalized spacial score (nSPS) is 10.9. The van der Waals surface area contributed by atoms with Crippen LogP contribution in [-0.2, 0) is 0 Å². The van der Waals surface area contributed by atoms with Crippen LogP contribution in [-0.4, -0.2) is 19.0 Å². The molecular formula is C20H16N2O4. The maximum absolute atomic E-state index is 12.2. The summed E-state index contributed by atoms with van der Waals surface area (Å²) in [6.07, 6.45) is 0. The molecule has 0 atom stereocenters. The van der Waals surface area contributed by atoms with Crippen molar-refractivity contribution in [2.24, 2.45) is 0 Å². The summed E-state index contributed by atoms with van der Waals surface area (Å²) in [5, 5.41) is 7.66. The minimum Gasteiger partial charge on any atom is -0.451 e. The van der Waals surface area contributed by atoms with Crippen LogP contribution in [0.1, 0.15) is 10.6 Å². The Morgan fingerprint density at radius 1 is 0.885 bits per heavy atom. The lowest BCUT2D eigenvalue weighted by atomic mass is 10.2. The number of anilines is 1. The summed E-state index contributed by atoms with van der Waals surface area (Å²) in [5.41, 5.74) is 1.46. The third-order valence-corrected chi connectivity index (χ3v) is 4.03. The Hall–Kier alpha value is -3.54. The lowest BCUT2D eigenvalue weighted by Gasteiger charge is -2.09. The molecule has 1 amide bonds. The lowest BCUT2D eigenvalue weighted by Crippen LogP contribution is -2.28. The van der Waals surface area contributed by atoms with E-state index >= 15 is 0 Å². The number of furan rings is 1.